The number of nitrogens with two attached hydrogens (primary N) is 1. The lowest BCUT2D eigenvalue weighted by Crippen LogP contribution is -2.11. The fourth-order valence-electron chi connectivity index (χ4n) is 1.49. The first-order valence-corrected chi connectivity index (χ1v) is 5.62. The van der Waals surface area contributed by atoms with Gasteiger partial charge in [0.15, 0.2) is 0 Å². The highest BCUT2D eigenvalue weighted by Gasteiger charge is 2.11. The lowest BCUT2D eigenvalue weighted by molar-refractivity contribution is 0.448. The van der Waals surface area contributed by atoms with Gasteiger partial charge >= 0.3 is 0 Å². The SMILES string of the molecule is CC(C)CC[C@@H](N)c1cc(Cl)ccc1O.Cl. The second-order valence-electron chi connectivity index (χ2n) is 4.28. The molecule has 3 N–H and O–H groups in total. The first kappa shape index (κ1) is 15.6. The van der Waals surface area contributed by atoms with Gasteiger partial charge in [-0.15, -0.1) is 12.4 Å². The van der Waals surface area contributed by atoms with Crippen molar-refractivity contribution in [2.75, 3.05) is 0 Å². The molecule has 0 aliphatic rings. The fourth-order valence-corrected chi connectivity index (χ4v) is 1.67. The number of benzene rings is 1. The van der Waals surface area contributed by atoms with Crippen molar-refractivity contribution in [3.8, 4) is 5.75 Å². The minimum absolute atomic E-state index is 0. The molecule has 1 aromatic carbocycles. The minimum atomic E-state index is -0.133. The molecular formula is C12H19Cl2NO. The third kappa shape index (κ3) is 4.60. The minimum Gasteiger partial charge on any atom is -0.508 e. The van der Waals surface area contributed by atoms with Crippen molar-refractivity contribution in [1.82, 2.24) is 0 Å². The van der Waals surface area contributed by atoms with Crippen LogP contribution in [-0.2, 0) is 0 Å². The summed E-state index contributed by atoms with van der Waals surface area (Å²) >= 11 is 5.86. The Morgan fingerprint density at radius 1 is 1.31 bits per heavy atom. The molecule has 0 heterocycles. The van der Waals surface area contributed by atoms with Crippen LogP contribution in [0.2, 0.25) is 5.02 Å². The molecule has 1 aromatic rings. The van der Waals surface area contributed by atoms with Gasteiger partial charge in [0, 0.05) is 16.6 Å². The van der Waals surface area contributed by atoms with Crippen LogP contribution < -0.4 is 5.73 Å². The van der Waals surface area contributed by atoms with E-state index in [0.717, 1.165) is 18.4 Å². The molecular weight excluding hydrogens is 245 g/mol. The van der Waals surface area contributed by atoms with E-state index in [-0.39, 0.29) is 24.2 Å². The summed E-state index contributed by atoms with van der Waals surface area (Å²) in [6, 6.07) is 4.86. The highest BCUT2D eigenvalue weighted by atomic mass is 35.5. The van der Waals surface area contributed by atoms with Crippen molar-refractivity contribution < 1.29 is 5.11 Å². The van der Waals surface area contributed by atoms with Crippen LogP contribution in [0, 0.1) is 5.92 Å². The van der Waals surface area contributed by atoms with Crippen molar-refractivity contribution in [3.05, 3.63) is 28.8 Å². The Balaban J connectivity index is 0.00000225. The second-order valence-corrected chi connectivity index (χ2v) is 4.72. The van der Waals surface area contributed by atoms with E-state index in [1.165, 1.54) is 0 Å². The average molecular weight is 264 g/mol. The van der Waals surface area contributed by atoms with Gasteiger partial charge in [-0.1, -0.05) is 25.4 Å². The van der Waals surface area contributed by atoms with Gasteiger partial charge in [-0.05, 0) is 37.0 Å². The van der Waals surface area contributed by atoms with Crippen LogP contribution >= 0.6 is 24.0 Å². The Bertz CT molecular complexity index is 329. The number of halogens is 2. The van der Waals surface area contributed by atoms with Gasteiger partial charge in [0.1, 0.15) is 5.75 Å². The maximum Gasteiger partial charge on any atom is 0.120 e. The van der Waals surface area contributed by atoms with E-state index in [1.807, 2.05) is 0 Å². The molecule has 0 radical (unpaired) electrons. The van der Waals surface area contributed by atoms with Gasteiger partial charge in [0.25, 0.3) is 0 Å². The van der Waals surface area contributed by atoms with Crippen LogP contribution in [0.25, 0.3) is 0 Å². The average Bonchev–Trinajstić information content (AvgIpc) is 2.18. The number of phenols is 1. The molecule has 1 atom stereocenters. The van der Waals surface area contributed by atoms with E-state index in [9.17, 15) is 5.11 Å². The molecule has 0 spiro atoms. The van der Waals surface area contributed by atoms with Gasteiger partial charge in [0.05, 0.1) is 0 Å². The number of rotatable bonds is 4. The Hall–Kier alpha value is -0.440. The predicted molar refractivity (Wildman–Crippen MR) is 71.4 cm³/mol. The van der Waals surface area contributed by atoms with Gasteiger partial charge < -0.3 is 10.8 Å². The van der Waals surface area contributed by atoms with Crippen LogP contribution in [-0.4, -0.2) is 5.11 Å². The highest BCUT2D eigenvalue weighted by Crippen LogP contribution is 2.29. The van der Waals surface area contributed by atoms with E-state index in [4.69, 9.17) is 17.3 Å². The largest absolute Gasteiger partial charge is 0.508 e. The summed E-state index contributed by atoms with van der Waals surface area (Å²) in [7, 11) is 0. The van der Waals surface area contributed by atoms with Gasteiger partial charge in [-0.25, -0.2) is 0 Å². The quantitative estimate of drug-likeness (QED) is 0.866. The molecule has 0 bridgehead atoms. The number of phenolic OH excluding ortho intramolecular Hbond substituents is 1. The van der Waals surface area contributed by atoms with E-state index in [0.29, 0.717) is 10.9 Å². The molecule has 0 fully saturated rings. The molecule has 0 aliphatic carbocycles. The Morgan fingerprint density at radius 2 is 1.94 bits per heavy atom. The van der Waals surface area contributed by atoms with Crippen molar-refractivity contribution in [1.29, 1.82) is 0 Å². The molecule has 0 aliphatic heterocycles. The molecule has 0 aromatic heterocycles. The summed E-state index contributed by atoms with van der Waals surface area (Å²) in [6.07, 6.45) is 1.92. The first-order chi connectivity index (χ1) is 7.00. The monoisotopic (exact) mass is 263 g/mol. The molecule has 16 heavy (non-hydrogen) atoms. The number of hydrogen-bond acceptors (Lipinski definition) is 2. The maximum absolute atomic E-state index is 9.63. The number of hydrogen-bond donors (Lipinski definition) is 2. The van der Waals surface area contributed by atoms with E-state index in [2.05, 4.69) is 13.8 Å². The van der Waals surface area contributed by atoms with Crippen molar-refractivity contribution >= 4 is 24.0 Å². The molecule has 4 heteroatoms. The molecule has 0 saturated heterocycles. The summed E-state index contributed by atoms with van der Waals surface area (Å²) in [4.78, 5) is 0. The van der Waals surface area contributed by atoms with E-state index in [1.54, 1.807) is 18.2 Å². The van der Waals surface area contributed by atoms with Crippen molar-refractivity contribution in [2.24, 2.45) is 11.7 Å². The summed E-state index contributed by atoms with van der Waals surface area (Å²) in [6.45, 7) is 4.31. The zero-order chi connectivity index (χ0) is 11.4. The summed E-state index contributed by atoms with van der Waals surface area (Å²) < 4.78 is 0. The fraction of sp³-hybridized carbons (Fsp3) is 0.500. The molecule has 0 amide bonds. The molecule has 0 saturated carbocycles. The third-order valence-electron chi connectivity index (χ3n) is 2.44. The zero-order valence-corrected chi connectivity index (χ0v) is 11.2. The van der Waals surface area contributed by atoms with Crippen LogP contribution in [0.5, 0.6) is 5.75 Å². The molecule has 1 rings (SSSR count). The van der Waals surface area contributed by atoms with E-state index < -0.39 is 0 Å². The Kier molecular flexibility index (Phi) is 6.81. The summed E-state index contributed by atoms with van der Waals surface area (Å²) in [5.74, 6) is 0.855. The van der Waals surface area contributed by atoms with Crippen molar-refractivity contribution in [2.45, 2.75) is 32.7 Å². The highest BCUT2D eigenvalue weighted by molar-refractivity contribution is 6.30. The molecule has 92 valence electrons. The first-order valence-electron chi connectivity index (χ1n) is 5.24. The normalized spacial score (nSPS) is 12.3. The van der Waals surface area contributed by atoms with E-state index >= 15 is 0 Å². The second kappa shape index (κ2) is 7.00. The van der Waals surface area contributed by atoms with Crippen LogP contribution in [0.1, 0.15) is 38.3 Å². The van der Waals surface area contributed by atoms with Gasteiger partial charge in [-0.2, -0.15) is 0 Å². The third-order valence-corrected chi connectivity index (χ3v) is 2.68. The standard InChI is InChI=1S/C12H18ClNO.ClH/c1-8(2)3-5-11(14)10-7-9(13)4-6-12(10)15;/h4,6-8,11,15H,3,5,14H2,1-2H3;1H/t11-;/m1./s1. The molecule has 2 nitrogen and oxygen atoms in total. The summed E-state index contributed by atoms with van der Waals surface area (Å²) in [5.41, 5.74) is 6.73. The summed E-state index contributed by atoms with van der Waals surface area (Å²) in [5, 5.41) is 10.2. The van der Waals surface area contributed by atoms with Gasteiger partial charge in [0.2, 0.25) is 0 Å². The van der Waals surface area contributed by atoms with Gasteiger partial charge in [-0.3, -0.25) is 0 Å². The maximum atomic E-state index is 9.63. The number of aromatic hydroxyl groups is 1. The molecule has 0 unspecified atom stereocenters. The smallest absolute Gasteiger partial charge is 0.120 e. The van der Waals surface area contributed by atoms with Crippen LogP contribution in [0.15, 0.2) is 18.2 Å². The Morgan fingerprint density at radius 3 is 2.50 bits per heavy atom. The Labute approximate surface area is 108 Å². The topological polar surface area (TPSA) is 46.2 Å². The van der Waals surface area contributed by atoms with Crippen molar-refractivity contribution in [3.63, 3.8) is 0 Å². The lowest BCUT2D eigenvalue weighted by atomic mass is 9.98. The predicted octanol–water partition coefficient (Wildman–Crippen LogP) is 3.90. The zero-order valence-electron chi connectivity index (χ0n) is 9.61. The van der Waals surface area contributed by atoms with Crippen LogP contribution in [0.4, 0.5) is 0 Å². The van der Waals surface area contributed by atoms with Crippen LogP contribution in [0.3, 0.4) is 0 Å². The lowest BCUT2D eigenvalue weighted by Gasteiger charge is -2.15.